The fourth-order valence-corrected chi connectivity index (χ4v) is 3.18. The van der Waals surface area contributed by atoms with Gasteiger partial charge in [-0.3, -0.25) is 9.48 Å². The molecular formula is C18H13F9N4O2. The monoisotopic (exact) mass is 488 g/mol. The van der Waals surface area contributed by atoms with E-state index in [9.17, 15) is 44.3 Å². The molecule has 3 rings (SSSR count). The van der Waals surface area contributed by atoms with Gasteiger partial charge in [0.1, 0.15) is 0 Å². The van der Waals surface area contributed by atoms with E-state index in [1.165, 1.54) is 6.92 Å². The Hall–Kier alpha value is -3.26. The smallest absolute Gasteiger partial charge is 0.372 e. The van der Waals surface area contributed by atoms with E-state index in [0.29, 0.717) is 4.68 Å². The minimum absolute atomic E-state index is 0.00171. The number of amides is 1. The lowest BCUT2D eigenvalue weighted by Gasteiger charge is -2.28. The Labute approximate surface area is 179 Å². The molecule has 0 radical (unpaired) electrons. The first kappa shape index (κ1) is 24.4. The van der Waals surface area contributed by atoms with Crippen molar-refractivity contribution in [2.75, 3.05) is 5.32 Å². The van der Waals surface area contributed by atoms with Crippen LogP contribution in [0.15, 0.2) is 29.4 Å². The molecule has 0 bridgehead atoms. The lowest BCUT2D eigenvalue weighted by molar-refractivity contribution is -0.278. The van der Waals surface area contributed by atoms with Gasteiger partial charge >= 0.3 is 24.4 Å². The van der Waals surface area contributed by atoms with Crippen molar-refractivity contribution >= 4 is 17.3 Å². The predicted octanol–water partition coefficient (Wildman–Crippen LogP) is 4.83. The first-order valence-electron chi connectivity index (χ1n) is 8.88. The van der Waals surface area contributed by atoms with Crippen LogP contribution in [-0.4, -0.2) is 33.8 Å². The molecular weight excluding hydrogens is 475 g/mol. The molecule has 1 atom stereocenters. The second-order valence-corrected chi connectivity index (χ2v) is 7.15. The molecule has 0 aliphatic carbocycles. The Balaban J connectivity index is 1.94. The molecule has 0 saturated heterocycles. The summed E-state index contributed by atoms with van der Waals surface area (Å²) in [5.74, 6) is -2.24. The molecule has 1 N–H and O–H groups in total. The fourth-order valence-electron chi connectivity index (χ4n) is 3.18. The fraction of sp³-hybridized carbons (Fsp3) is 0.389. The number of hydrogen-bond donors (Lipinski definition) is 1. The van der Waals surface area contributed by atoms with Crippen LogP contribution in [0.2, 0.25) is 0 Å². The second-order valence-electron chi connectivity index (χ2n) is 7.15. The molecule has 1 aromatic heterocycles. The standard InChI is InChI=1S/C18H13F9N4O2/c1-8-5-9(3-4-10(8)28-14(32)17(22,23)24)11-7-15(33-30-11,18(25,26)27)13-6-12(16(19,20)21)29-31(13)2/h3-6H,7H2,1-2H3,(H,28,32). The molecule has 2 aromatic rings. The van der Waals surface area contributed by atoms with Gasteiger partial charge in [0, 0.05) is 12.7 Å². The lowest BCUT2D eigenvalue weighted by atomic mass is 9.89. The third-order valence-corrected chi connectivity index (χ3v) is 4.84. The summed E-state index contributed by atoms with van der Waals surface area (Å²) in [7, 11) is 0.891. The summed E-state index contributed by atoms with van der Waals surface area (Å²) in [6.07, 6.45) is -16.4. The number of hydrogen-bond acceptors (Lipinski definition) is 4. The van der Waals surface area contributed by atoms with E-state index in [1.54, 1.807) is 5.32 Å². The molecule has 1 unspecified atom stereocenters. The zero-order valence-corrected chi connectivity index (χ0v) is 16.6. The molecule has 6 nitrogen and oxygen atoms in total. The van der Waals surface area contributed by atoms with Crippen molar-refractivity contribution in [3.05, 3.63) is 46.8 Å². The van der Waals surface area contributed by atoms with Gasteiger partial charge in [0.25, 0.3) is 5.60 Å². The number of aryl methyl sites for hydroxylation is 2. The van der Waals surface area contributed by atoms with Crippen LogP contribution in [0.25, 0.3) is 0 Å². The van der Waals surface area contributed by atoms with Crippen LogP contribution in [0.1, 0.15) is 28.9 Å². The van der Waals surface area contributed by atoms with Crippen molar-refractivity contribution in [3.8, 4) is 0 Å². The van der Waals surface area contributed by atoms with Crippen LogP contribution in [-0.2, 0) is 28.5 Å². The zero-order valence-electron chi connectivity index (χ0n) is 16.6. The van der Waals surface area contributed by atoms with Gasteiger partial charge in [-0.25, -0.2) is 0 Å². The van der Waals surface area contributed by atoms with E-state index < -0.39 is 47.8 Å². The molecule has 33 heavy (non-hydrogen) atoms. The Morgan fingerprint density at radius 2 is 1.73 bits per heavy atom. The third-order valence-electron chi connectivity index (χ3n) is 4.84. The van der Waals surface area contributed by atoms with E-state index in [0.717, 1.165) is 25.2 Å². The number of carbonyl (C=O) groups is 1. The SMILES string of the molecule is Cc1cc(C2=NOC(c3cc(C(F)(F)F)nn3C)(C(F)(F)F)C2)ccc1NC(=O)C(F)(F)F. The number of halogens is 9. The molecule has 1 aliphatic rings. The quantitative estimate of drug-likeness (QED) is 0.630. The number of nitrogens with one attached hydrogen (secondary N) is 1. The van der Waals surface area contributed by atoms with Gasteiger partial charge in [0.15, 0.2) is 5.69 Å². The van der Waals surface area contributed by atoms with E-state index in [2.05, 4.69) is 15.1 Å². The second kappa shape index (κ2) is 7.66. The van der Waals surface area contributed by atoms with Crippen LogP contribution in [0, 0.1) is 6.92 Å². The zero-order chi connectivity index (χ0) is 25.0. The first-order chi connectivity index (χ1) is 15.0. The largest absolute Gasteiger partial charge is 0.471 e. The van der Waals surface area contributed by atoms with Crippen molar-refractivity contribution in [1.82, 2.24) is 9.78 Å². The van der Waals surface area contributed by atoms with Crippen LogP contribution < -0.4 is 5.32 Å². The number of benzene rings is 1. The van der Waals surface area contributed by atoms with Gasteiger partial charge in [0.05, 0.1) is 17.8 Å². The molecule has 0 saturated carbocycles. The van der Waals surface area contributed by atoms with Crippen molar-refractivity contribution in [2.45, 2.75) is 37.5 Å². The maximum absolute atomic E-state index is 14.0. The summed E-state index contributed by atoms with van der Waals surface area (Å²) in [6.45, 7) is 1.29. The molecule has 0 spiro atoms. The van der Waals surface area contributed by atoms with Gasteiger partial charge in [-0.1, -0.05) is 11.2 Å². The first-order valence-corrected chi connectivity index (χ1v) is 8.88. The Kier molecular flexibility index (Phi) is 5.66. The average molecular weight is 488 g/mol. The average Bonchev–Trinajstić information content (AvgIpc) is 3.26. The van der Waals surface area contributed by atoms with Crippen LogP contribution in [0.4, 0.5) is 45.2 Å². The van der Waals surface area contributed by atoms with Crippen molar-refractivity contribution in [3.63, 3.8) is 0 Å². The maximum atomic E-state index is 14.0. The van der Waals surface area contributed by atoms with Crippen molar-refractivity contribution in [1.29, 1.82) is 0 Å². The number of carbonyl (C=O) groups excluding carboxylic acids is 1. The summed E-state index contributed by atoms with van der Waals surface area (Å²) in [6, 6.07) is 3.49. The van der Waals surface area contributed by atoms with Gasteiger partial charge in [-0.15, -0.1) is 0 Å². The number of alkyl halides is 9. The Bertz CT molecular complexity index is 1120. The molecule has 1 amide bonds. The van der Waals surface area contributed by atoms with Crippen LogP contribution in [0.5, 0.6) is 0 Å². The minimum Gasteiger partial charge on any atom is -0.372 e. The lowest BCUT2D eigenvalue weighted by Crippen LogP contribution is -2.44. The minimum atomic E-state index is -5.20. The number of nitrogens with zero attached hydrogens (tertiary/aromatic N) is 3. The number of aromatic nitrogens is 2. The molecule has 0 fully saturated rings. The molecule has 2 heterocycles. The summed E-state index contributed by atoms with van der Waals surface area (Å²) in [5.41, 5.74) is -6.26. The predicted molar refractivity (Wildman–Crippen MR) is 94.0 cm³/mol. The number of anilines is 1. The highest BCUT2D eigenvalue weighted by Gasteiger charge is 2.64. The highest BCUT2D eigenvalue weighted by atomic mass is 19.4. The number of rotatable bonds is 3. The van der Waals surface area contributed by atoms with E-state index in [1.807, 2.05) is 0 Å². The van der Waals surface area contributed by atoms with Gasteiger partial charge in [-0.2, -0.15) is 44.6 Å². The molecule has 1 aromatic carbocycles. The highest BCUT2D eigenvalue weighted by molar-refractivity contribution is 6.03. The van der Waals surface area contributed by atoms with Gasteiger partial charge in [0.2, 0.25) is 0 Å². The summed E-state index contributed by atoms with van der Waals surface area (Å²) >= 11 is 0. The van der Waals surface area contributed by atoms with Crippen LogP contribution in [0.3, 0.4) is 0 Å². The topological polar surface area (TPSA) is 68.5 Å². The Morgan fingerprint density at radius 3 is 2.21 bits per heavy atom. The maximum Gasteiger partial charge on any atom is 0.471 e. The molecule has 15 heteroatoms. The number of oxime groups is 1. The van der Waals surface area contributed by atoms with Crippen LogP contribution >= 0.6 is 0 Å². The van der Waals surface area contributed by atoms with E-state index in [4.69, 9.17) is 0 Å². The van der Waals surface area contributed by atoms with Crippen molar-refractivity contribution < 1.29 is 49.1 Å². The summed E-state index contributed by atoms with van der Waals surface area (Å²) in [4.78, 5) is 15.8. The third kappa shape index (κ3) is 4.48. The molecule has 1 aliphatic heterocycles. The summed E-state index contributed by atoms with van der Waals surface area (Å²) in [5, 5.41) is 8.10. The van der Waals surface area contributed by atoms with E-state index >= 15 is 0 Å². The van der Waals surface area contributed by atoms with Gasteiger partial charge < -0.3 is 10.2 Å². The molecule has 180 valence electrons. The summed E-state index contributed by atoms with van der Waals surface area (Å²) < 4.78 is 119. The normalized spacial score (nSPS) is 19.3. The van der Waals surface area contributed by atoms with Gasteiger partial charge in [-0.05, 0) is 36.2 Å². The highest BCUT2D eigenvalue weighted by Crippen LogP contribution is 2.49. The van der Waals surface area contributed by atoms with E-state index in [-0.39, 0.29) is 28.6 Å². The van der Waals surface area contributed by atoms with Crippen molar-refractivity contribution in [2.24, 2.45) is 12.2 Å². The Morgan fingerprint density at radius 1 is 1.09 bits per heavy atom.